The maximum Gasteiger partial charge on any atom is 0.243 e. The van der Waals surface area contributed by atoms with Gasteiger partial charge in [0.2, 0.25) is 5.91 Å². The Bertz CT molecular complexity index is 665. The van der Waals surface area contributed by atoms with Crippen molar-refractivity contribution in [3.63, 3.8) is 0 Å². The first-order valence-electron chi connectivity index (χ1n) is 7.87. The van der Waals surface area contributed by atoms with Crippen LogP contribution in [-0.2, 0) is 4.79 Å². The molecule has 6 heteroatoms. The summed E-state index contributed by atoms with van der Waals surface area (Å²) >= 11 is 12.1. The van der Waals surface area contributed by atoms with Crippen LogP contribution in [0.4, 0.5) is 17.1 Å². The Kier molecular flexibility index (Phi) is 6.76. The van der Waals surface area contributed by atoms with Gasteiger partial charge in [0.1, 0.15) is 0 Å². The molecule has 2 N–H and O–H groups in total. The number of carbonyl (C=O) groups excluding carboxylic acids is 1. The minimum Gasteiger partial charge on any atom is -0.374 e. The fraction of sp³-hybridized carbons (Fsp3) is 0.278. The van der Waals surface area contributed by atoms with Crippen molar-refractivity contribution in [2.45, 2.75) is 13.8 Å². The molecule has 0 bridgehead atoms. The molecule has 0 saturated carbocycles. The van der Waals surface area contributed by atoms with Gasteiger partial charge in [-0.15, -0.1) is 0 Å². The molecule has 0 aromatic heterocycles. The van der Waals surface area contributed by atoms with Crippen molar-refractivity contribution in [1.29, 1.82) is 0 Å². The number of amides is 1. The van der Waals surface area contributed by atoms with E-state index < -0.39 is 0 Å². The van der Waals surface area contributed by atoms with Gasteiger partial charge in [0, 0.05) is 24.5 Å². The lowest BCUT2D eigenvalue weighted by atomic mass is 10.2. The van der Waals surface area contributed by atoms with E-state index >= 15 is 0 Å². The van der Waals surface area contributed by atoms with Crippen molar-refractivity contribution in [2.75, 3.05) is 35.2 Å². The van der Waals surface area contributed by atoms with E-state index in [1.807, 2.05) is 24.3 Å². The van der Waals surface area contributed by atoms with Crippen LogP contribution in [0.25, 0.3) is 0 Å². The van der Waals surface area contributed by atoms with E-state index in [1.165, 1.54) is 0 Å². The third-order valence-corrected chi connectivity index (χ3v) is 4.30. The van der Waals surface area contributed by atoms with Crippen LogP contribution < -0.4 is 15.5 Å². The van der Waals surface area contributed by atoms with Gasteiger partial charge in [-0.05, 0) is 50.2 Å². The molecular formula is C18H21Cl2N3O. The summed E-state index contributed by atoms with van der Waals surface area (Å²) in [6.07, 6.45) is 0. The van der Waals surface area contributed by atoms with Gasteiger partial charge in [-0.25, -0.2) is 0 Å². The fourth-order valence-electron chi connectivity index (χ4n) is 2.38. The second-order valence-corrected chi connectivity index (χ2v) is 6.03. The topological polar surface area (TPSA) is 44.4 Å². The molecule has 2 aromatic carbocycles. The van der Waals surface area contributed by atoms with Gasteiger partial charge >= 0.3 is 0 Å². The lowest BCUT2D eigenvalue weighted by Gasteiger charge is -2.21. The number of halogens is 2. The normalized spacial score (nSPS) is 10.3. The SMILES string of the molecule is CCN(CC)c1ccc(NC(=O)CNc2c(Cl)cccc2Cl)cc1. The Morgan fingerprint density at radius 1 is 1.00 bits per heavy atom. The van der Waals surface area contributed by atoms with Gasteiger partial charge in [-0.1, -0.05) is 29.3 Å². The largest absolute Gasteiger partial charge is 0.374 e. The summed E-state index contributed by atoms with van der Waals surface area (Å²) in [5.41, 5.74) is 2.45. The van der Waals surface area contributed by atoms with Gasteiger partial charge < -0.3 is 15.5 Å². The number of nitrogens with one attached hydrogen (secondary N) is 2. The molecule has 0 atom stereocenters. The van der Waals surface area contributed by atoms with Gasteiger partial charge in [-0.2, -0.15) is 0 Å². The molecule has 0 unspecified atom stereocenters. The number of hydrogen-bond acceptors (Lipinski definition) is 3. The second-order valence-electron chi connectivity index (χ2n) is 5.22. The average molecular weight is 366 g/mol. The van der Waals surface area contributed by atoms with Crippen molar-refractivity contribution in [2.24, 2.45) is 0 Å². The zero-order valence-electron chi connectivity index (χ0n) is 13.8. The van der Waals surface area contributed by atoms with Crippen LogP contribution in [0.5, 0.6) is 0 Å². The molecule has 24 heavy (non-hydrogen) atoms. The van der Waals surface area contributed by atoms with Crippen LogP contribution in [0, 0.1) is 0 Å². The number of rotatable bonds is 7. The summed E-state index contributed by atoms with van der Waals surface area (Å²) in [4.78, 5) is 14.3. The summed E-state index contributed by atoms with van der Waals surface area (Å²) in [6, 6.07) is 13.0. The molecule has 0 heterocycles. The van der Waals surface area contributed by atoms with Crippen LogP contribution in [0.2, 0.25) is 10.0 Å². The zero-order valence-corrected chi connectivity index (χ0v) is 15.3. The van der Waals surface area contributed by atoms with E-state index in [2.05, 4.69) is 29.4 Å². The zero-order chi connectivity index (χ0) is 17.5. The van der Waals surface area contributed by atoms with E-state index in [4.69, 9.17) is 23.2 Å². The number of anilines is 3. The lowest BCUT2D eigenvalue weighted by Crippen LogP contribution is -2.23. The van der Waals surface area contributed by atoms with Gasteiger partial charge in [0.25, 0.3) is 0 Å². The quantitative estimate of drug-likeness (QED) is 0.733. The number of carbonyl (C=O) groups is 1. The van der Waals surface area contributed by atoms with E-state index in [9.17, 15) is 4.79 Å². The Morgan fingerprint density at radius 3 is 2.12 bits per heavy atom. The molecule has 0 aliphatic heterocycles. The molecule has 1 amide bonds. The molecule has 0 aliphatic rings. The summed E-state index contributed by atoms with van der Waals surface area (Å²) in [5, 5.41) is 6.78. The van der Waals surface area contributed by atoms with Crippen LogP contribution in [0.3, 0.4) is 0 Å². The minimum absolute atomic E-state index is 0.0846. The highest BCUT2D eigenvalue weighted by atomic mass is 35.5. The van der Waals surface area contributed by atoms with E-state index in [-0.39, 0.29) is 12.5 Å². The van der Waals surface area contributed by atoms with E-state index in [1.54, 1.807) is 18.2 Å². The number of benzene rings is 2. The fourth-order valence-corrected chi connectivity index (χ4v) is 2.92. The lowest BCUT2D eigenvalue weighted by molar-refractivity contribution is -0.114. The van der Waals surface area contributed by atoms with Crippen molar-refractivity contribution < 1.29 is 4.79 Å². The van der Waals surface area contributed by atoms with Gasteiger partial charge in [0.05, 0.1) is 22.3 Å². The molecule has 0 radical (unpaired) electrons. The summed E-state index contributed by atoms with van der Waals surface area (Å²) in [6.45, 7) is 6.21. The van der Waals surface area contributed by atoms with Crippen LogP contribution in [0.15, 0.2) is 42.5 Å². The maximum atomic E-state index is 12.1. The highest BCUT2D eigenvalue weighted by Gasteiger charge is 2.08. The molecule has 4 nitrogen and oxygen atoms in total. The highest BCUT2D eigenvalue weighted by Crippen LogP contribution is 2.29. The summed E-state index contributed by atoms with van der Waals surface area (Å²) in [5.74, 6) is -0.165. The van der Waals surface area contributed by atoms with Crippen LogP contribution >= 0.6 is 23.2 Å². The van der Waals surface area contributed by atoms with Gasteiger partial charge in [0.15, 0.2) is 0 Å². The Hall–Kier alpha value is -1.91. The molecule has 0 aliphatic carbocycles. The van der Waals surface area contributed by atoms with Crippen molar-refractivity contribution >= 4 is 46.2 Å². The number of nitrogens with zero attached hydrogens (tertiary/aromatic N) is 1. The highest BCUT2D eigenvalue weighted by molar-refractivity contribution is 6.39. The Labute approximate surface area is 152 Å². The molecule has 2 rings (SSSR count). The predicted molar refractivity (Wildman–Crippen MR) is 104 cm³/mol. The van der Waals surface area contributed by atoms with Gasteiger partial charge in [-0.3, -0.25) is 4.79 Å². The van der Waals surface area contributed by atoms with E-state index in [0.29, 0.717) is 15.7 Å². The third kappa shape index (κ3) is 4.79. The third-order valence-electron chi connectivity index (χ3n) is 3.67. The van der Waals surface area contributed by atoms with Crippen LogP contribution in [0.1, 0.15) is 13.8 Å². The molecule has 0 fully saturated rings. The summed E-state index contributed by atoms with van der Waals surface area (Å²) < 4.78 is 0. The van der Waals surface area contributed by atoms with Crippen molar-refractivity contribution in [1.82, 2.24) is 0 Å². The Morgan fingerprint density at radius 2 is 1.58 bits per heavy atom. The predicted octanol–water partition coefficient (Wildman–Crippen LogP) is 4.89. The molecule has 2 aromatic rings. The van der Waals surface area contributed by atoms with E-state index in [0.717, 1.165) is 24.5 Å². The number of hydrogen-bond donors (Lipinski definition) is 2. The first-order chi connectivity index (χ1) is 11.5. The van der Waals surface area contributed by atoms with Crippen molar-refractivity contribution in [3.8, 4) is 0 Å². The molecule has 0 spiro atoms. The molecule has 128 valence electrons. The maximum absolute atomic E-state index is 12.1. The Balaban J connectivity index is 1.93. The molecular weight excluding hydrogens is 345 g/mol. The molecule has 0 saturated heterocycles. The average Bonchev–Trinajstić information content (AvgIpc) is 2.57. The standard InChI is InChI=1S/C18H21Cl2N3O/c1-3-23(4-2)14-10-8-13(9-11-14)22-17(24)12-21-18-15(19)6-5-7-16(18)20/h5-11,21H,3-4,12H2,1-2H3,(H,22,24). The smallest absolute Gasteiger partial charge is 0.243 e. The second kappa shape index (κ2) is 8.81. The monoisotopic (exact) mass is 365 g/mol. The van der Waals surface area contributed by atoms with Crippen LogP contribution in [-0.4, -0.2) is 25.5 Å². The summed E-state index contributed by atoms with van der Waals surface area (Å²) in [7, 11) is 0. The first kappa shape index (κ1) is 18.4. The minimum atomic E-state index is -0.165. The van der Waals surface area contributed by atoms with Crippen molar-refractivity contribution in [3.05, 3.63) is 52.5 Å². The number of para-hydroxylation sites is 1. The first-order valence-corrected chi connectivity index (χ1v) is 8.63.